The minimum Gasteiger partial charge on any atom is -0.369 e. The summed E-state index contributed by atoms with van der Waals surface area (Å²) in [6, 6.07) is 6.59. The summed E-state index contributed by atoms with van der Waals surface area (Å²) >= 11 is 0. The molecular weight excluding hydrogens is 311 g/mol. The van der Waals surface area contributed by atoms with E-state index in [1.165, 1.54) is 7.05 Å². The van der Waals surface area contributed by atoms with Crippen LogP contribution in [0.5, 0.6) is 0 Å². The second-order valence-electron chi connectivity index (χ2n) is 5.63. The summed E-state index contributed by atoms with van der Waals surface area (Å²) in [6.45, 7) is -0.00457. The Balaban J connectivity index is 2.06. The van der Waals surface area contributed by atoms with Crippen molar-refractivity contribution in [2.24, 2.45) is 17.6 Å². The van der Waals surface area contributed by atoms with E-state index in [-0.39, 0.29) is 25.5 Å². The molecule has 0 aliphatic carbocycles. The van der Waals surface area contributed by atoms with Gasteiger partial charge in [-0.15, -0.1) is 0 Å². The van der Waals surface area contributed by atoms with Crippen LogP contribution in [0.1, 0.15) is 15.9 Å². The number of nitrogens with zero attached hydrogens (tertiary/aromatic N) is 1. The molecule has 1 aromatic rings. The van der Waals surface area contributed by atoms with Gasteiger partial charge in [-0.05, 0) is 17.7 Å². The van der Waals surface area contributed by atoms with E-state index < -0.39 is 23.9 Å². The number of nitrogens with one attached hydrogen (secondary N) is 1. The van der Waals surface area contributed by atoms with Crippen LogP contribution in [0.3, 0.4) is 0 Å². The van der Waals surface area contributed by atoms with Crippen LogP contribution in [0, 0.1) is 11.8 Å². The number of halogens is 3. The van der Waals surface area contributed by atoms with Gasteiger partial charge < -0.3 is 11.1 Å². The van der Waals surface area contributed by atoms with Gasteiger partial charge in [0.25, 0.3) is 5.91 Å². The van der Waals surface area contributed by atoms with Crippen molar-refractivity contribution in [3.63, 3.8) is 0 Å². The number of carbonyl (C=O) groups is 2. The van der Waals surface area contributed by atoms with E-state index in [1.807, 2.05) is 0 Å². The Morgan fingerprint density at radius 2 is 1.87 bits per heavy atom. The molecule has 2 atom stereocenters. The SMILES string of the molecule is CNC(=O)c1ccc(CN2C[C@@H](C(F)(F)F)[C@H](C(N)=O)C2)cc1. The number of hydrogen-bond donors (Lipinski definition) is 2. The maximum atomic E-state index is 13.0. The van der Waals surface area contributed by atoms with Gasteiger partial charge in [0.2, 0.25) is 5.91 Å². The van der Waals surface area contributed by atoms with Gasteiger partial charge in [-0.1, -0.05) is 12.1 Å². The standard InChI is InChI=1S/C15H18F3N3O2/c1-20-14(23)10-4-2-9(3-5-10)6-21-7-11(13(19)22)12(8-21)15(16,17)18/h2-5,11-12H,6-8H2,1H3,(H2,19,22)(H,20,23)/t11-,12-/m1/s1. The second kappa shape index (κ2) is 6.57. The maximum Gasteiger partial charge on any atom is 0.393 e. The van der Waals surface area contributed by atoms with Crippen LogP contribution in [-0.2, 0) is 11.3 Å². The van der Waals surface area contributed by atoms with E-state index in [1.54, 1.807) is 29.2 Å². The molecule has 2 rings (SSSR count). The molecule has 1 saturated heterocycles. The molecule has 3 N–H and O–H groups in total. The third-order valence-corrected chi connectivity index (χ3v) is 4.03. The van der Waals surface area contributed by atoms with Crippen LogP contribution < -0.4 is 11.1 Å². The average Bonchev–Trinajstić information content (AvgIpc) is 2.91. The summed E-state index contributed by atoms with van der Waals surface area (Å²) < 4.78 is 39.0. The Hall–Kier alpha value is -2.09. The van der Waals surface area contributed by atoms with E-state index in [9.17, 15) is 22.8 Å². The quantitative estimate of drug-likeness (QED) is 0.870. The number of alkyl halides is 3. The van der Waals surface area contributed by atoms with Crippen LogP contribution in [0.4, 0.5) is 13.2 Å². The molecule has 0 aromatic heterocycles. The Morgan fingerprint density at radius 1 is 1.26 bits per heavy atom. The maximum absolute atomic E-state index is 13.0. The molecule has 2 amide bonds. The molecule has 0 saturated carbocycles. The van der Waals surface area contributed by atoms with Crippen molar-refractivity contribution >= 4 is 11.8 Å². The van der Waals surface area contributed by atoms with Crippen molar-refractivity contribution in [3.8, 4) is 0 Å². The lowest BCUT2D eigenvalue weighted by molar-refractivity contribution is -0.182. The number of nitrogens with two attached hydrogens (primary N) is 1. The first-order chi connectivity index (χ1) is 10.7. The Morgan fingerprint density at radius 3 is 2.30 bits per heavy atom. The lowest BCUT2D eigenvalue weighted by Gasteiger charge is -2.18. The largest absolute Gasteiger partial charge is 0.393 e. The first-order valence-electron chi connectivity index (χ1n) is 7.11. The molecule has 1 heterocycles. The van der Waals surface area contributed by atoms with Crippen LogP contribution in [0.15, 0.2) is 24.3 Å². The zero-order valence-corrected chi connectivity index (χ0v) is 12.6. The van der Waals surface area contributed by atoms with Crippen LogP contribution in [0.25, 0.3) is 0 Å². The van der Waals surface area contributed by atoms with Crippen LogP contribution in [0.2, 0.25) is 0 Å². The minimum atomic E-state index is -4.45. The Labute approximate surface area is 131 Å². The van der Waals surface area contributed by atoms with Crippen molar-refractivity contribution in [1.82, 2.24) is 10.2 Å². The van der Waals surface area contributed by atoms with Crippen LogP contribution >= 0.6 is 0 Å². The fraction of sp³-hybridized carbons (Fsp3) is 0.467. The van der Waals surface area contributed by atoms with Gasteiger partial charge in [0.1, 0.15) is 0 Å². The zero-order chi connectivity index (χ0) is 17.2. The Kier molecular flexibility index (Phi) is 4.93. The van der Waals surface area contributed by atoms with Gasteiger partial charge in [0.05, 0.1) is 11.8 Å². The predicted octanol–water partition coefficient (Wildman–Crippen LogP) is 1.14. The summed E-state index contributed by atoms with van der Waals surface area (Å²) in [5.41, 5.74) is 6.34. The van der Waals surface area contributed by atoms with Gasteiger partial charge in [-0.2, -0.15) is 13.2 Å². The van der Waals surface area contributed by atoms with Crippen molar-refractivity contribution in [2.75, 3.05) is 20.1 Å². The molecule has 126 valence electrons. The van der Waals surface area contributed by atoms with Crippen molar-refractivity contribution in [1.29, 1.82) is 0 Å². The van der Waals surface area contributed by atoms with Crippen molar-refractivity contribution < 1.29 is 22.8 Å². The third kappa shape index (κ3) is 4.01. The summed E-state index contributed by atoms with van der Waals surface area (Å²) in [5, 5.41) is 2.49. The van der Waals surface area contributed by atoms with Gasteiger partial charge >= 0.3 is 6.18 Å². The first-order valence-corrected chi connectivity index (χ1v) is 7.11. The fourth-order valence-corrected chi connectivity index (χ4v) is 2.80. The normalized spacial score (nSPS) is 22.1. The zero-order valence-electron chi connectivity index (χ0n) is 12.6. The smallest absolute Gasteiger partial charge is 0.369 e. The molecule has 0 unspecified atom stereocenters. The molecule has 1 aliphatic rings. The van der Waals surface area contributed by atoms with Crippen molar-refractivity contribution in [3.05, 3.63) is 35.4 Å². The molecule has 1 aliphatic heterocycles. The average molecular weight is 329 g/mol. The minimum absolute atomic E-state index is 0.0172. The number of hydrogen-bond acceptors (Lipinski definition) is 3. The summed E-state index contributed by atoms with van der Waals surface area (Å²) in [4.78, 5) is 24.3. The van der Waals surface area contributed by atoms with Gasteiger partial charge in [0.15, 0.2) is 0 Å². The summed E-state index contributed by atoms with van der Waals surface area (Å²) in [5.74, 6) is -4.11. The van der Waals surface area contributed by atoms with E-state index >= 15 is 0 Å². The molecular formula is C15H18F3N3O2. The number of primary amides is 1. The van der Waals surface area contributed by atoms with E-state index in [0.717, 1.165) is 5.56 Å². The number of rotatable bonds is 4. The molecule has 0 radical (unpaired) electrons. The molecule has 8 heteroatoms. The number of carbonyl (C=O) groups excluding carboxylic acids is 2. The topological polar surface area (TPSA) is 75.4 Å². The highest BCUT2D eigenvalue weighted by Crippen LogP contribution is 2.37. The van der Waals surface area contributed by atoms with E-state index in [4.69, 9.17) is 5.73 Å². The van der Waals surface area contributed by atoms with E-state index in [0.29, 0.717) is 5.56 Å². The molecule has 0 bridgehead atoms. The highest BCUT2D eigenvalue weighted by Gasteiger charge is 2.51. The molecule has 0 spiro atoms. The highest BCUT2D eigenvalue weighted by molar-refractivity contribution is 5.93. The molecule has 23 heavy (non-hydrogen) atoms. The fourth-order valence-electron chi connectivity index (χ4n) is 2.80. The summed E-state index contributed by atoms with van der Waals surface area (Å²) in [6.07, 6.45) is -4.45. The summed E-state index contributed by atoms with van der Waals surface area (Å²) in [7, 11) is 1.52. The number of amides is 2. The van der Waals surface area contributed by atoms with Gasteiger partial charge in [-0.3, -0.25) is 14.5 Å². The number of benzene rings is 1. The molecule has 1 fully saturated rings. The van der Waals surface area contributed by atoms with Crippen LogP contribution in [-0.4, -0.2) is 43.0 Å². The monoisotopic (exact) mass is 329 g/mol. The lowest BCUT2D eigenvalue weighted by Crippen LogP contribution is -2.37. The second-order valence-corrected chi connectivity index (χ2v) is 5.63. The van der Waals surface area contributed by atoms with Crippen molar-refractivity contribution in [2.45, 2.75) is 12.7 Å². The lowest BCUT2D eigenvalue weighted by atomic mass is 9.95. The highest BCUT2D eigenvalue weighted by atomic mass is 19.4. The van der Waals surface area contributed by atoms with Gasteiger partial charge in [0, 0.05) is 32.2 Å². The van der Waals surface area contributed by atoms with E-state index in [2.05, 4.69) is 5.32 Å². The van der Waals surface area contributed by atoms with Gasteiger partial charge in [-0.25, -0.2) is 0 Å². The third-order valence-electron chi connectivity index (χ3n) is 4.03. The molecule has 1 aromatic carbocycles. The Bertz CT molecular complexity index is 587. The number of likely N-dealkylation sites (tertiary alicyclic amines) is 1. The first kappa shape index (κ1) is 17.3. The predicted molar refractivity (Wildman–Crippen MR) is 77.3 cm³/mol. The molecule has 5 nitrogen and oxygen atoms in total.